The number of anilines is 2. The number of carboxylic acid groups (broad SMARTS) is 1. The van der Waals surface area contributed by atoms with Crippen LogP contribution in [-0.4, -0.2) is 67.0 Å². The number of aromatic nitrogens is 4. The Morgan fingerprint density at radius 1 is 1.13 bits per heavy atom. The van der Waals surface area contributed by atoms with Gasteiger partial charge in [-0.2, -0.15) is 0 Å². The van der Waals surface area contributed by atoms with Crippen LogP contribution >= 0.6 is 15.9 Å². The Hall–Kier alpha value is -4.39. The van der Waals surface area contributed by atoms with Gasteiger partial charge < -0.3 is 30.0 Å². The summed E-state index contributed by atoms with van der Waals surface area (Å²) >= 11 is 3.38. The van der Waals surface area contributed by atoms with Gasteiger partial charge in [-0.1, -0.05) is 28.1 Å². The number of carbonyl (C=O) groups is 3. The van der Waals surface area contributed by atoms with Crippen LogP contribution in [-0.2, 0) is 0 Å². The molecule has 38 heavy (non-hydrogen) atoms. The van der Waals surface area contributed by atoms with E-state index in [1.54, 1.807) is 24.3 Å². The molecule has 12 nitrogen and oxygen atoms in total. The third-order valence-electron chi connectivity index (χ3n) is 6.24. The van der Waals surface area contributed by atoms with Crippen LogP contribution in [0.1, 0.15) is 39.4 Å². The summed E-state index contributed by atoms with van der Waals surface area (Å²) in [7, 11) is 0. The van der Waals surface area contributed by atoms with Crippen molar-refractivity contribution >= 4 is 56.5 Å². The van der Waals surface area contributed by atoms with E-state index >= 15 is 0 Å². The smallest absolute Gasteiger partial charge is 0.407 e. The van der Waals surface area contributed by atoms with E-state index < -0.39 is 17.9 Å². The van der Waals surface area contributed by atoms with Gasteiger partial charge in [-0.05, 0) is 36.8 Å². The number of ether oxygens (including phenoxy) is 1. The molecule has 5 rings (SSSR count). The second-order valence-electron chi connectivity index (χ2n) is 8.82. The van der Waals surface area contributed by atoms with Gasteiger partial charge in [-0.3, -0.25) is 14.9 Å². The highest BCUT2D eigenvalue weighted by molar-refractivity contribution is 9.10. The van der Waals surface area contributed by atoms with Crippen molar-refractivity contribution in [1.82, 2.24) is 24.8 Å². The lowest BCUT2D eigenvalue weighted by molar-refractivity contribution is 0.0900. The first-order chi connectivity index (χ1) is 18.3. The molecule has 5 N–H and O–H groups in total. The van der Waals surface area contributed by atoms with Gasteiger partial charge in [0.25, 0.3) is 11.8 Å². The van der Waals surface area contributed by atoms with Crippen molar-refractivity contribution in [3.63, 3.8) is 0 Å². The van der Waals surface area contributed by atoms with E-state index in [4.69, 9.17) is 9.84 Å². The third kappa shape index (κ3) is 5.32. The van der Waals surface area contributed by atoms with Crippen molar-refractivity contribution in [1.29, 1.82) is 0 Å². The molecule has 3 heterocycles. The van der Waals surface area contributed by atoms with Crippen molar-refractivity contribution in [3.05, 3.63) is 64.1 Å². The van der Waals surface area contributed by atoms with Gasteiger partial charge in [0.15, 0.2) is 5.69 Å². The third-order valence-corrected chi connectivity index (χ3v) is 6.74. The molecule has 0 atom stereocenters. The minimum atomic E-state index is -0.931. The Labute approximate surface area is 224 Å². The van der Waals surface area contributed by atoms with Gasteiger partial charge in [0, 0.05) is 36.1 Å². The van der Waals surface area contributed by atoms with Crippen LogP contribution < -0.4 is 15.4 Å². The van der Waals surface area contributed by atoms with Gasteiger partial charge in [0.2, 0.25) is 5.95 Å². The number of H-pyrrole nitrogens is 2. The number of hydrogen-bond acceptors (Lipinski definition) is 6. The SMILES string of the molecule is Cc1ccc(Br)cc1NC(=O)c1nc[nH]c1C(=O)Nc1nc2c(OC3CCN(C(=O)O)CC3)cccc2[nH]1. The molecule has 0 spiro atoms. The highest BCUT2D eigenvalue weighted by atomic mass is 79.9. The predicted octanol–water partition coefficient (Wildman–Crippen LogP) is 4.38. The van der Waals surface area contributed by atoms with E-state index in [0.717, 1.165) is 10.0 Å². The van der Waals surface area contributed by atoms with Crippen molar-refractivity contribution in [2.75, 3.05) is 23.7 Å². The molecule has 0 saturated carbocycles. The number of hydrogen-bond donors (Lipinski definition) is 5. The molecule has 0 bridgehead atoms. The minimum absolute atomic E-state index is 0.0164. The number of carbonyl (C=O) groups excluding carboxylic acids is 2. The number of nitrogens with one attached hydrogen (secondary N) is 4. The van der Waals surface area contributed by atoms with Crippen LogP contribution in [0.3, 0.4) is 0 Å². The van der Waals surface area contributed by atoms with Crippen molar-refractivity contribution in [2.45, 2.75) is 25.9 Å². The number of benzene rings is 2. The molecule has 0 aliphatic carbocycles. The average Bonchev–Trinajstić information content (AvgIpc) is 3.54. The monoisotopic (exact) mass is 581 g/mol. The van der Waals surface area contributed by atoms with E-state index in [1.807, 2.05) is 19.1 Å². The zero-order chi connectivity index (χ0) is 26.8. The lowest BCUT2D eigenvalue weighted by Gasteiger charge is -2.30. The molecule has 0 unspecified atom stereocenters. The summed E-state index contributed by atoms with van der Waals surface area (Å²) < 4.78 is 6.93. The number of para-hydroxylation sites is 1. The summed E-state index contributed by atoms with van der Waals surface area (Å²) in [4.78, 5) is 52.7. The number of aryl methyl sites for hydroxylation is 1. The fourth-order valence-corrected chi connectivity index (χ4v) is 4.59. The van der Waals surface area contributed by atoms with Crippen molar-refractivity contribution in [3.8, 4) is 5.75 Å². The Morgan fingerprint density at radius 3 is 2.68 bits per heavy atom. The lowest BCUT2D eigenvalue weighted by Crippen LogP contribution is -2.41. The van der Waals surface area contributed by atoms with Crippen molar-refractivity contribution < 1.29 is 24.2 Å². The molecule has 1 aliphatic rings. The number of imidazole rings is 2. The Balaban J connectivity index is 1.29. The summed E-state index contributed by atoms with van der Waals surface area (Å²) in [5, 5.41) is 14.6. The highest BCUT2D eigenvalue weighted by Gasteiger charge is 2.25. The maximum Gasteiger partial charge on any atom is 0.407 e. The van der Waals surface area contributed by atoms with Crippen LogP contribution in [0.25, 0.3) is 11.0 Å². The number of aromatic amines is 2. The molecular formula is C25H24BrN7O5. The Kier molecular flexibility index (Phi) is 7.01. The maximum absolute atomic E-state index is 13.0. The minimum Gasteiger partial charge on any atom is -0.488 e. The molecule has 196 valence electrons. The summed E-state index contributed by atoms with van der Waals surface area (Å²) in [6.07, 6.45) is 1.34. The molecule has 1 fully saturated rings. The molecule has 0 radical (unpaired) electrons. The number of halogens is 1. The largest absolute Gasteiger partial charge is 0.488 e. The number of likely N-dealkylation sites (tertiary alicyclic amines) is 1. The Bertz CT molecular complexity index is 1520. The van der Waals surface area contributed by atoms with E-state index in [-0.39, 0.29) is 23.4 Å². The zero-order valence-corrected chi connectivity index (χ0v) is 21.8. The standard InChI is InChI=1S/C25H24BrN7O5/c1-13-5-6-14(26)11-17(13)29-22(34)20-21(28-12-27-20)23(35)32-24-30-16-3-2-4-18(19(16)31-24)38-15-7-9-33(10-8-15)25(36)37/h2-6,11-12,15H,7-10H2,1H3,(H,27,28)(H,29,34)(H,36,37)(H2,30,31,32,35). The predicted molar refractivity (Wildman–Crippen MR) is 143 cm³/mol. The van der Waals surface area contributed by atoms with E-state index in [1.165, 1.54) is 11.2 Å². The molecule has 4 aromatic rings. The van der Waals surface area contributed by atoms with E-state index in [0.29, 0.717) is 48.4 Å². The molecule has 13 heteroatoms. The zero-order valence-electron chi connectivity index (χ0n) is 20.2. The number of piperidine rings is 1. The molecule has 2 aromatic heterocycles. The topological polar surface area (TPSA) is 165 Å². The summed E-state index contributed by atoms with van der Waals surface area (Å²) in [6.45, 7) is 2.66. The van der Waals surface area contributed by atoms with Crippen LogP contribution in [0.15, 0.2) is 47.2 Å². The molecule has 2 aromatic carbocycles. The number of fused-ring (bicyclic) bond motifs is 1. The van der Waals surface area contributed by atoms with Gasteiger partial charge in [-0.15, -0.1) is 0 Å². The lowest BCUT2D eigenvalue weighted by atomic mass is 10.1. The van der Waals surface area contributed by atoms with E-state index in [2.05, 4.69) is 46.5 Å². The first-order valence-corrected chi connectivity index (χ1v) is 12.6. The molecule has 1 aliphatic heterocycles. The fourth-order valence-electron chi connectivity index (χ4n) is 4.22. The first kappa shape index (κ1) is 25.3. The van der Waals surface area contributed by atoms with Gasteiger partial charge in [-0.25, -0.2) is 14.8 Å². The average molecular weight is 582 g/mol. The van der Waals surface area contributed by atoms with Crippen LogP contribution in [0, 0.1) is 6.92 Å². The molecular weight excluding hydrogens is 558 g/mol. The number of nitrogens with zero attached hydrogens (tertiary/aromatic N) is 3. The van der Waals surface area contributed by atoms with Gasteiger partial charge >= 0.3 is 6.09 Å². The second kappa shape index (κ2) is 10.5. The maximum atomic E-state index is 13.0. The quantitative estimate of drug-likeness (QED) is 0.225. The van der Waals surface area contributed by atoms with Crippen LogP contribution in [0.4, 0.5) is 16.4 Å². The summed E-state index contributed by atoms with van der Waals surface area (Å²) in [5.41, 5.74) is 2.55. The second-order valence-corrected chi connectivity index (χ2v) is 9.73. The number of rotatable bonds is 6. The summed E-state index contributed by atoms with van der Waals surface area (Å²) in [5.74, 6) is -0.433. The first-order valence-electron chi connectivity index (χ1n) is 11.8. The summed E-state index contributed by atoms with van der Waals surface area (Å²) in [6, 6.07) is 10.9. The number of amides is 3. The van der Waals surface area contributed by atoms with Gasteiger partial charge in [0.1, 0.15) is 23.1 Å². The normalized spacial score (nSPS) is 13.9. The fraction of sp³-hybridized carbons (Fsp3) is 0.240. The Morgan fingerprint density at radius 2 is 1.92 bits per heavy atom. The highest BCUT2D eigenvalue weighted by Crippen LogP contribution is 2.28. The molecule has 3 amide bonds. The van der Waals surface area contributed by atoms with Crippen LogP contribution in [0.2, 0.25) is 0 Å². The molecule has 1 saturated heterocycles. The van der Waals surface area contributed by atoms with E-state index in [9.17, 15) is 14.4 Å². The van der Waals surface area contributed by atoms with Gasteiger partial charge in [0.05, 0.1) is 11.8 Å². The van der Waals surface area contributed by atoms with Crippen molar-refractivity contribution in [2.24, 2.45) is 0 Å². The van der Waals surface area contributed by atoms with Crippen LogP contribution in [0.5, 0.6) is 5.75 Å².